The minimum atomic E-state index is -1.01. The smallest absolute Gasteiger partial charge is 0.124 e. The van der Waals surface area contributed by atoms with Gasteiger partial charge in [-0.2, -0.15) is 0 Å². The van der Waals surface area contributed by atoms with Crippen LogP contribution in [-0.2, 0) is 12.6 Å². The predicted molar refractivity (Wildman–Crippen MR) is 107 cm³/mol. The molecule has 0 aliphatic carbocycles. The summed E-state index contributed by atoms with van der Waals surface area (Å²) in [5.74, 6) is 0. The zero-order valence-corrected chi connectivity index (χ0v) is 17.0. The van der Waals surface area contributed by atoms with Crippen molar-refractivity contribution in [3.05, 3.63) is 59.7 Å². The van der Waals surface area contributed by atoms with E-state index in [0.717, 1.165) is 16.8 Å². The highest BCUT2D eigenvalue weighted by atomic mass is 16.3. The van der Waals surface area contributed by atoms with Crippen LogP contribution in [0.25, 0.3) is 6.08 Å². The lowest BCUT2D eigenvalue weighted by Crippen LogP contribution is -2.25. The molecular formula is C21H36N2O. The third-order valence-electron chi connectivity index (χ3n) is 3.27. The van der Waals surface area contributed by atoms with Gasteiger partial charge in [-0.1, -0.05) is 78.0 Å². The second-order valence-electron chi connectivity index (χ2n) is 4.70. The van der Waals surface area contributed by atoms with E-state index in [9.17, 15) is 5.11 Å². The molecule has 3 nitrogen and oxygen atoms in total. The van der Waals surface area contributed by atoms with Gasteiger partial charge >= 0.3 is 0 Å². The van der Waals surface area contributed by atoms with Crippen LogP contribution in [0.4, 0.5) is 0 Å². The number of aliphatic hydroxyl groups is 1. The van der Waals surface area contributed by atoms with Gasteiger partial charge in [0.15, 0.2) is 0 Å². The second kappa shape index (κ2) is 13.6. The summed E-state index contributed by atoms with van der Waals surface area (Å²) in [6, 6.07) is 9.98. The third kappa shape index (κ3) is 7.14. The van der Waals surface area contributed by atoms with Crippen LogP contribution >= 0.6 is 0 Å². The van der Waals surface area contributed by atoms with E-state index in [1.54, 1.807) is 19.4 Å². The number of aryl methyl sites for hydroxylation is 1. The van der Waals surface area contributed by atoms with Crippen LogP contribution in [0.15, 0.2) is 48.4 Å². The first-order valence-electron chi connectivity index (χ1n) is 8.95. The van der Waals surface area contributed by atoms with E-state index in [4.69, 9.17) is 0 Å². The SMILES string of the molecule is C/C(=C\c1ccccc1)C(C)(O)c1cncn1C.CC.CC.CC. The summed E-state index contributed by atoms with van der Waals surface area (Å²) in [4.78, 5) is 4.05. The monoisotopic (exact) mass is 332 g/mol. The van der Waals surface area contributed by atoms with Gasteiger partial charge in [0.2, 0.25) is 0 Å². The number of aromatic nitrogens is 2. The Morgan fingerprint density at radius 1 is 1.04 bits per heavy atom. The molecule has 1 unspecified atom stereocenters. The van der Waals surface area contributed by atoms with Gasteiger partial charge in [-0.25, -0.2) is 4.98 Å². The molecule has 24 heavy (non-hydrogen) atoms. The summed E-state index contributed by atoms with van der Waals surface area (Å²) in [6.07, 6.45) is 5.38. The number of hydrogen-bond donors (Lipinski definition) is 1. The molecule has 0 radical (unpaired) electrons. The molecule has 0 bridgehead atoms. The topological polar surface area (TPSA) is 38.1 Å². The van der Waals surface area contributed by atoms with Crippen molar-refractivity contribution in [3.63, 3.8) is 0 Å². The van der Waals surface area contributed by atoms with E-state index in [2.05, 4.69) is 4.98 Å². The number of rotatable bonds is 3. The van der Waals surface area contributed by atoms with Gasteiger partial charge in [0.05, 0.1) is 18.2 Å². The van der Waals surface area contributed by atoms with E-state index < -0.39 is 5.60 Å². The maximum absolute atomic E-state index is 10.7. The summed E-state index contributed by atoms with van der Waals surface area (Å²) in [5.41, 5.74) is 1.74. The highest BCUT2D eigenvalue weighted by Crippen LogP contribution is 2.29. The standard InChI is InChI=1S/C15H18N2O.3C2H6/c1-12(9-13-7-5-4-6-8-13)15(2,18)14-10-16-11-17(14)3;3*1-2/h4-11,18H,1-3H3;3*1-2H3/b12-9+;;;. The maximum Gasteiger partial charge on any atom is 0.124 e. The first kappa shape index (κ1) is 24.4. The van der Waals surface area contributed by atoms with Crippen molar-refractivity contribution in [1.82, 2.24) is 9.55 Å². The Morgan fingerprint density at radius 3 is 1.96 bits per heavy atom. The number of imidazole rings is 1. The highest BCUT2D eigenvalue weighted by Gasteiger charge is 2.28. The summed E-state index contributed by atoms with van der Waals surface area (Å²) in [6.45, 7) is 15.7. The Hall–Kier alpha value is -1.87. The fraction of sp³-hybridized carbons (Fsp3) is 0.476. The lowest BCUT2D eigenvalue weighted by molar-refractivity contribution is 0.0907. The zero-order chi connectivity index (χ0) is 19.2. The average molecular weight is 333 g/mol. The van der Waals surface area contributed by atoms with Gasteiger partial charge in [0.25, 0.3) is 0 Å². The molecule has 0 aliphatic heterocycles. The fourth-order valence-corrected chi connectivity index (χ4v) is 1.97. The van der Waals surface area contributed by atoms with E-state index in [1.807, 2.05) is 96.5 Å². The quantitative estimate of drug-likeness (QED) is 0.770. The summed E-state index contributed by atoms with van der Waals surface area (Å²) < 4.78 is 1.84. The van der Waals surface area contributed by atoms with Gasteiger partial charge in [-0.05, 0) is 25.0 Å². The Balaban J connectivity index is 0. The molecule has 136 valence electrons. The van der Waals surface area contributed by atoms with Crippen LogP contribution in [0.2, 0.25) is 0 Å². The van der Waals surface area contributed by atoms with Crippen LogP contribution in [0.1, 0.15) is 66.6 Å². The van der Waals surface area contributed by atoms with Crippen molar-refractivity contribution in [2.45, 2.75) is 61.0 Å². The van der Waals surface area contributed by atoms with Gasteiger partial charge in [-0.15, -0.1) is 0 Å². The number of benzene rings is 1. The number of hydrogen-bond acceptors (Lipinski definition) is 2. The van der Waals surface area contributed by atoms with Crippen molar-refractivity contribution in [3.8, 4) is 0 Å². The third-order valence-corrected chi connectivity index (χ3v) is 3.27. The van der Waals surface area contributed by atoms with Crippen LogP contribution < -0.4 is 0 Å². The van der Waals surface area contributed by atoms with E-state index in [-0.39, 0.29) is 0 Å². The summed E-state index contributed by atoms with van der Waals surface area (Å²) >= 11 is 0. The van der Waals surface area contributed by atoms with Crippen molar-refractivity contribution >= 4 is 6.08 Å². The molecule has 0 saturated heterocycles. The lowest BCUT2D eigenvalue weighted by atomic mass is 9.92. The van der Waals surface area contributed by atoms with Crippen molar-refractivity contribution in [1.29, 1.82) is 0 Å². The predicted octanol–water partition coefficient (Wildman–Crippen LogP) is 5.81. The molecule has 0 fully saturated rings. The highest BCUT2D eigenvalue weighted by molar-refractivity contribution is 5.54. The molecule has 1 heterocycles. The van der Waals surface area contributed by atoms with Crippen molar-refractivity contribution in [2.24, 2.45) is 7.05 Å². The molecular weight excluding hydrogens is 296 g/mol. The van der Waals surface area contributed by atoms with Crippen LogP contribution in [0.5, 0.6) is 0 Å². The Kier molecular flexibility index (Phi) is 13.8. The second-order valence-corrected chi connectivity index (χ2v) is 4.70. The van der Waals surface area contributed by atoms with Gasteiger partial charge in [0.1, 0.15) is 5.60 Å². The van der Waals surface area contributed by atoms with Crippen molar-refractivity contribution < 1.29 is 5.11 Å². The molecule has 1 aromatic carbocycles. The van der Waals surface area contributed by atoms with E-state index in [1.165, 1.54) is 0 Å². The van der Waals surface area contributed by atoms with Gasteiger partial charge in [0, 0.05) is 7.05 Å². The molecule has 0 saturated carbocycles. The molecule has 0 amide bonds. The summed E-state index contributed by atoms with van der Waals surface area (Å²) in [5, 5.41) is 10.7. The largest absolute Gasteiger partial charge is 0.379 e. The first-order chi connectivity index (χ1) is 11.5. The maximum atomic E-state index is 10.7. The van der Waals surface area contributed by atoms with Gasteiger partial charge < -0.3 is 9.67 Å². The fourth-order valence-electron chi connectivity index (χ4n) is 1.97. The van der Waals surface area contributed by atoms with E-state index in [0.29, 0.717) is 0 Å². The molecule has 0 spiro atoms. The minimum absolute atomic E-state index is 0.784. The minimum Gasteiger partial charge on any atom is -0.379 e. The Morgan fingerprint density at radius 2 is 1.54 bits per heavy atom. The normalized spacial score (nSPS) is 12.3. The molecule has 1 atom stereocenters. The molecule has 2 aromatic rings. The molecule has 2 rings (SSSR count). The van der Waals surface area contributed by atoms with Crippen LogP contribution in [-0.4, -0.2) is 14.7 Å². The summed E-state index contributed by atoms with van der Waals surface area (Å²) in [7, 11) is 1.88. The molecule has 3 heteroatoms. The van der Waals surface area contributed by atoms with Crippen molar-refractivity contribution in [2.75, 3.05) is 0 Å². The first-order valence-corrected chi connectivity index (χ1v) is 8.95. The Bertz CT molecular complexity index is 554. The Labute approximate surface area is 149 Å². The molecule has 0 aliphatic rings. The van der Waals surface area contributed by atoms with Gasteiger partial charge in [-0.3, -0.25) is 0 Å². The van der Waals surface area contributed by atoms with E-state index >= 15 is 0 Å². The van der Waals surface area contributed by atoms with Crippen LogP contribution in [0, 0.1) is 0 Å². The molecule has 1 aromatic heterocycles. The van der Waals surface area contributed by atoms with Crippen LogP contribution in [0.3, 0.4) is 0 Å². The average Bonchev–Trinajstić information content (AvgIpc) is 3.08. The zero-order valence-electron chi connectivity index (χ0n) is 17.0. The lowest BCUT2D eigenvalue weighted by Gasteiger charge is -2.25. The number of nitrogens with zero attached hydrogens (tertiary/aromatic N) is 2. The molecule has 1 N–H and O–H groups in total.